The summed E-state index contributed by atoms with van der Waals surface area (Å²) in [6.07, 6.45) is 0. The summed E-state index contributed by atoms with van der Waals surface area (Å²) in [4.78, 5) is 12.1. The van der Waals surface area contributed by atoms with Gasteiger partial charge in [0.2, 0.25) is 0 Å². The molecule has 98 valence electrons. The molecule has 0 atom stereocenters. The molecule has 0 aliphatic rings. The largest absolute Gasteiger partial charge is 0.507 e. The molecule has 0 bridgehead atoms. The van der Waals surface area contributed by atoms with Crippen LogP contribution in [0.15, 0.2) is 40.9 Å². The Morgan fingerprint density at radius 1 is 1.26 bits per heavy atom. The number of hydrogen-bond donors (Lipinski definition) is 2. The lowest BCUT2D eigenvalue weighted by molar-refractivity contribution is 0.102. The van der Waals surface area contributed by atoms with Crippen molar-refractivity contribution in [1.82, 2.24) is 0 Å². The van der Waals surface area contributed by atoms with Crippen LogP contribution in [0.1, 0.15) is 15.9 Å². The lowest BCUT2D eigenvalue weighted by Gasteiger charge is -2.09. The topological polar surface area (TPSA) is 49.3 Å². The number of benzene rings is 2. The van der Waals surface area contributed by atoms with Gasteiger partial charge in [0.1, 0.15) is 5.75 Å². The highest BCUT2D eigenvalue weighted by atomic mass is 79.9. The summed E-state index contributed by atoms with van der Waals surface area (Å²) in [5.41, 5.74) is 1.94. The Morgan fingerprint density at radius 3 is 2.68 bits per heavy atom. The van der Waals surface area contributed by atoms with E-state index >= 15 is 0 Å². The van der Waals surface area contributed by atoms with E-state index in [1.807, 2.05) is 13.0 Å². The minimum absolute atomic E-state index is 0.0236. The minimum atomic E-state index is -0.298. The number of carbonyl (C=O) groups excluding carboxylic acids is 1. The molecule has 2 aromatic rings. The second-order valence-corrected chi connectivity index (χ2v) is 5.37. The van der Waals surface area contributed by atoms with Crippen LogP contribution in [0.3, 0.4) is 0 Å². The summed E-state index contributed by atoms with van der Waals surface area (Å²) < 4.78 is 0.544. The lowest BCUT2D eigenvalue weighted by Crippen LogP contribution is -2.12. The zero-order valence-electron chi connectivity index (χ0n) is 10.1. The van der Waals surface area contributed by atoms with Gasteiger partial charge in [-0.15, -0.1) is 0 Å². The summed E-state index contributed by atoms with van der Waals surface area (Å²) in [6, 6.07) is 9.93. The highest BCUT2D eigenvalue weighted by Gasteiger charge is 2.10. The zero-order chi connectivity index (χ0) is 14.0. The third-order valence-electron chi connectivity index (χ3n) is 2.66. The van der Waals surface area contributed by atoms with E-state index < -0.39 is 0 Å². The van der Waals surface area contributed by atoms with Gasteiger partial charge in [-0.2, -0.15) is 0 Å². The predicted octanol–water partition coefficient (Wildman–Crippen LogP) is 4.37. The van der Waals surface area contributed by atoms with Crippen LogP contribution < -0.4 is 5.32 Å². The smallest absolute Gasteiger partial charge is 0.255 e. The van der Waals surface area contributed by atoms with Crippen LogP contribution in [0, 0.1) is 6.92 Å². The van der Waals surface area contributed by atoms with Crippen molar-refractivity contribution >= 4 is 39.1 Å². The van der Waals surface area contributed by atoms with Crippen LogP contribution in [-0.4, -0.2) is 11.0 Å². The number of aryl methyl sites for hydroxylation is 1. The number of hydrogen-bond acceptors (Lipinski definition) is 2. The van der Waals surface area contributed by atoms with E-state index in [-0.39, 0.29) is 11.7 Å². The number of rotatable bonds is 2. The van der Waals surface area contributed by atoms with Crippen molar-refractivity contribution in [3.63, 3.8) is 0 Å². The van der Waals surface area contributed by atoms with E-state index in [4.69, 9.17) is 11.6 Å². The standard InChI is InChI=1S/C14H11BrClNO2/c1-8-2-4-10(16)7-12(8)17-14(19)9-3-5-11(15)13(18)6-9/h2-7,18H,1H3,(H,17,19). The van der Waals surface area contributed by atoms with Gasteiger partial charge < -0.3 is 10.4 Å². The van der Waals surface area contributed by atoms with E-state index in [2.05, 4.69) is 21.2 Å². The second kappa shape index (κ2) is 5.63. The number of nitrogens with one attached hydrogen (secondary N) is 1. The molecule has 3 nitrogen and oxygen atoms in total. The van der Waals surface area contributed by atoms with Crippen LogP contribution in [0.25, 0.3) is 0 Å². The first-order valence-electron chi connectivity index (χ1n) is 5.53. The molecule has 0 aromatic heterocycles. The average Bonchev–Trinajstić information content (AvgIpc) is 2.37. The Bertz CT molecular complexity index is 643. The molecule has 0 unspecified atom stereocenters. The average molecular weight is 341 g/mol. The molecule has 0 spiro atoms. The first-order chi connectivity index (χ1) is 8.97. The normalized spacial score (nSPS) is 10.3. The third-order valence-corrected chi connectivity index (χ3v) is 3.56. The maximum atomic E-state index is 12.1. The Morgan fingerprint density at radius 2 is 2.00 bits per heavy atom. The Balaban J connectivity index is 2.25. The Kier molecular flexibility index (Phi) is 4.12. The first kappa shape index (κ1) is 13.9. The van der Waals surface area contributed by atoms with E-state index in [0.29, 0.717) is 20.7 Å². The molecular formula is C14H11BrClNO2. The third kappa shape index (κ3) is 3.28. The summed E-state index contributed by atoms with van der Waals surface area (Å²) in [5, 5.41) is 12.9. The van der Waals surface area contributed by atoms with Crippen molar-refractivity contribution in [3.8, 4) is 5.75 Å². The number of carbonyl (C=O) groups is 1. The van der Waals surface area contributed by atoms with Gasteiger partial charge in [0.25, 0.3) is 5.91 Å². The monoisotopic (exact) mass is 339 g/mol. The summed E-state index contributed by atoms with van der Waals surface area (Å²) in [5.74, 6) is -0.274. The molecule has 0 aliphatic carbocycles. The fraction of sp³-hybridized carbons (Fsp3) is 0.0714. The predicted molar refractivity (Wildman–Crippen MR) is 79.9 cm³/mol. The van der Waals surface area contributed by atoms with Crippen molar-refractivity contribution in [2.24, 2.45) is 0 Å². The minimum Gasteiger partial charge on any atom is -0.507 e. The Labute approximate surface area is 124 Å². The number of aromatic hydroxyl groups is 1. The molecule has 0 saturated heterocycles. The lowest BCUT2D eigenvalue weighted by atomic mass is 10.1. The molecule has 5 heteroatoms. The number of halogens is 2. The summed E-state index contributed by atoms with van der Waals surface area (Å²) >= 11 is 9.06. The molecule has 0 aliphatic heterocycles. The molecule has 2 rings (SSSR count). The van der Waals surface area contributed by atoms with Crippen molar-refractivity contribution in [2.45, 2.75) is 6.92 Å². The van der Waals surface area contributed by atoms with Crippen LogP contribution >= 0.6 is 27.5 Å². The molecule has 19 heavy (non-hydrogen) atoms. The van der Waals surface area contributed by atoms with Gasteiger partial charge >= 0.3 is 0 Å². The van der Waals surface area contributed by atoms with E-state index in [1.54, 1.807) is 24.3 Å². The first-order valence-corrected chi connectivity index (χ1v) is 6.70. The molecule has 0 heterocycles. The molecule has 0 saturated carbocycles. The van der Waals surface area contributed by atoms with Crippen LogP contribution in [0.4, 0.5) is 5.69 Å². The summed E-state index contributed by atoms with van der Waals surface area (Å²) in [7, 11) is 0. The van der Waals surface area contributed by atoms with Crippen molar-refractivity contribution in [2.75, 3.05) is 5.32 Å². The SMILES string of the molecule is Cc1ccc(Cl)cc1NC(=O)c1ccc(Br)c(O)c1. The molecule has 1 amide bonds. The fourth-order valence-corrected chi connectivity index (χ4v) is 2.00. The zero-order valence-corrected chi connectivity index (χ0v) is 12.4. The molecule has 0 fully saturated rings. The molecule has 2 N–H and O–H groups in total. The molecule has 2 aromatic carbocycles. The highest BCUT2D eigenvalue weighted by Crippen LogP contribution is 2.25. The van der Waals surface area contributed by atoms with E-state index in [1.165, 1.54) is 6.07 Å². The van der Waals surface area contributed by atoms with Gasteiger partial charge in [-0.3, -0.25) is 4.79 Å². The second-order valence-electron chi connectivity index (χ2n) is 4.08. The van der Waals surface area contributed by atoms with Gasteiger partial charge in [0, 0.05) is 16.3 Å². The molecular weight excluding hydrogens is 330 g/mol. The summed E-state index contributed by atoms with van der Waals surface area (Å²) in [6.45, 7) is 1.88. The van der Waals surface area contributed by atoms with Gasteiger partial charge in [-0.25, -0.2) is 0 Å². The van der Waals surface area contributed by atoms with Gasteiger partial charge in [-0.05, 0) is 58.7 Å². The maximum Gasteiger partial charge on any atom is 0.255 e. The van der Waals surface area contributed by atoms with Crippen molar-refractivity contribution in [1.29, 1.82) is 0 Å². The van der Waals surface area contributed by atoms with Crippen LogP contribution in [-0.2, 0) is 0 Å². The maximum absolute atomic E-state index is 12.1. The van der Waals surface area contributed by atoms with Crippen molar-refractivity contribution < 1.29 is 9.90 Å². The van der Waals surface area contributed by atoms with Crippen LogP contribution in [0.2, 0.25) is 5.02 Å². The number of anilines is 1. The van der Waals surface area contributed by atoms with E-state index in [0.717, 1.165) is 5.56 Å². The van der Waals surface area contributed by atoms with Gasteiger partial charge in [0.15, 0.2) is 0 Å². The number of phenols is 1. The van der Waals surface area contributed by atoms with E-state index in [9.17, 15) is 9.90 Å². The number of phenolic OH excluding ortho intramolecular Hbond substituents is 1. The Hall–Kier alpha value is -1.52. The van der Waals surface area contributed by atoms with Gasteiger partial charge in [-0.1, -0.05) is 17.7 Å². The van der Waals surface area contributed by atoms with Crippen molar-refractivity contribution in [3.05, 3.63) is 57.0 Å². The van der Waals surface area contributed by atoms with Crippen LogP contribution in [0.5, 0.6) is 5.75 Å². The quantitative estimate of drug-likeness (QED) is 0.853. The van der Waals surface area contributed by atoms with Gasteiger partial charge in [0.05, 0.1) is 4.47 Å². The molecule has 0 radical (unpaired) electrons. The fourth-order valence-electron chi connectivity index (χ4n) is 1.58. The highest BCUT2D eigenvalue weighted by molar-refractivity contribution is 9.10. The number of amides is 1.